The molecule has 2 aliphatic heterocycles. The second kappa shape index (κ2) is 9.54. The Morgan fingerprint density at radius 1 is 0.500 bits per heavy atom. The van der Waals surface area contributed by atoms with Crippen LogP contribution < -0.4 is 19.3 Å². The SMILES string of the molecule is N#Cc1ccc(N2c3ccccc3Oc3ccccc32)c(-c2cnccc2N2c3ccccc3Oc3ccccc32)c1. The van der Waals surface area contributed by atoms with Gasteiger partial charge in [-0.1, -0.05) is 48.5 Å². The van der Waals surface area contributed by atoms with Gasteiger partial charge in [-0.15, -0.1) is 0 Å². The lowest BCUT2D eigenvalue weighted by Gasteiger charge is -2.36. The molecular formula is C36H22N4O2. The lowest BCUT2D eigenvalue weighted by atomic mass is 9.97. The molecule has 5 aromatic carbocycles. The van der Waals surface area contributed by atoms with E-state index in [0.29, 0.717) is 5.56 Å². The summed E-state index contributed by atoms with van der Waals surface area (Å²) in [6, 6.07) is 42.1. The molecule has 0 atom stereocenters. The monoisotopic (exact) mass is 542 g/mol. The van der Waals surface area contributed by atoms with Gasteiger partial charge < -0.3 is 19.3 Å². The third-order valence-electron chi connectivity index (χ3n) is 7.56. The lowest BCUT2D eigenvalue weighted by molar-refractivity contribution is 0.476. The fourth-order valence-corrected chi connectivity index (χ4v) is 5.73. The highest BCUT2D eigenvalue weighted by molar-refractivity contribution is 5.99. The third kappa shape index (κ3) is 3.69. The van der Waals surface area contributed by atoms with Gasteiger partial charge in [0.1, 0.15) is 0 Å². The average Bonchev–Trinajstić information content (AvgIpc) is 3.06. The van der Waals surface area contributed by atoms with Gasteiger partial charge in [-0.3, -0.25) is 4.98 Å². The van der Waals surface area contributed by atoms with Crippen LogP contribution >= 0.6 is 0 Å². The summed E-state index contributed by atoms with van der Waals surface area (Å²) < 4.78 is 12.6. The van der Waals surface area contributed by atoms with Crippen molar-refractivity contribution in [3.8, 4) is 40.2 Å². The van der Waals surface area contributed by atoms with Crippen molar-refractivity contribution in [3.05, 3.63) is 139 Å². The topological polar surface area (TPSA) is 61.6 Å². The van der Waals surface area contributed by atoms with E-state index in [-0.39, 0.29) is 0 Å². The summed E-state index contributed by atoms with van der Waals surface area (Å²) in [6.07, 6.45) is 3.67. The zero-order chi connectivity index (χ0) is 28.0. The van der Waals surface area contributed by atoms with Gasteiger partial charge in [0.15, 0.2) is 23.0 Å². The zero-order valence-electron chi connectivity index (χ0n) is 22.3. The summed E-state index contributed by atoms with van der Waals surface area (Å²) in [5, 5.41) is 9.98. The Hall–Kier alpha value is -6.06. The third-order valence-corrected chi connectivity index (χ3v) is 7.56. The molecule has 3 heterocycles. The van der Waals surface area contributed by atoms with Crippen molar-refractivity contribution in [2.24, 2.45) is 0 Å². The van der Waals surface area contributed by atoms with E-state index in [4.69, 9.17) is 9.47 Å². The van der Waals surface area contributed by atoms with E-state index < -0.39 is 0 Å². The van der Waals surface area contributed by atoms with Crippen LogP contribution in [0.2, 0.25) is 0 Å². The molecule has 6 heteroatoms. The van der Waals surface area contributed by atoms with Crippen molar-refractivity contribution in [1.82, 2.24) is 4.98 Å². The summed E-state index contributed by atoms with van der Waals surface area (Å²) in [4.78, 5) is 8.98. The minimum absolute atomic E-state index is 0.557. The number of nitriles is 1. The van der Waals surface area contributed by atoms with E-state index in [9.17, 15) is 5.26 Å². The molecule has 6 aromatic rings. The maximum absolute atomic E-state index is 9.98. The maximum Gasteiger partial charge on any atom is 0.151 e. The molecule has 0 unspecified atom stereocenters. The average molecular weight is 543 g/mol. The lowest BCUT2D eigenvalue weighted by Crippen LogP contribution is -2.18. The summed E-state index contributed by atoms with van der Waals surface area (Å²) in [7, 11) is 0. The van der Waals surface area contributed by atoms with Crippen molar-refractivity contribution >= 4 is 34.1 Å². The Morgan fingerprint density at radius 3 is 1.43 bits per heavy atom. The highest BCUT2D eigenvalue weighted by atomic mass is 16.5. The molecule has 1 aromatic heterocycles. The number of hydrogen-bond acceptors (Lipinski definition) is 6. The van der Waals surface area contributed by atoms with Crippen LogP contribution in [0.4, 0.5) is 34.1 Å². The molecule has 0 spiro atoms. The first kappa shape index (κ1) is 23.8. The highest BCUT2D eigenvalue weighted by Crippen LogP contribution is 2.55. The minimum atomic E-state index is 0.557. The van der Waals surface area contributed by atoms with Gasteiger partial charge in [-0.25, -0.2) is 0 Å². The molecule has 0 saturated heterocycles. The van der Waals surface area contributed by atoms with E-state index >= 15 is 0 Å². The number of fused-ring (bicyclic) bond motifs is 4. The first-order chi connectivity index (χ1) is 20.8. The normalized spacial score (nSPS) is 12.5. The molecular weight excluding hydrogens is 520 g/mol. The van der Waals surface area contributed by atoms with Gasteiger partial charge in [-0.05, 0) is 72.8 Å². The molecule has 0 radical (unpaired) electrons. The molecule has 0 aliphatic carbocycles. The largest absolute Gasteiger partial charge is 0.453 e. The Balaban J connectivity index is 1.40. The van der Waals surface area contributed by atoms with Crippen LogP contribution in [0.3, 0.4) is 0 Å². The van der Waals surface area contributed by atoms with Gasteiger partial charge >= 0.3 is 0 Å². The van der Waals surface area contributed by atoms with Crippen LogP contribution in [-0.4, -0.2) is 4.98 Å². The molecule has 8 rings (SSSR count). The Morgan fingerprint density at radius 2 is 0.952 bits per heavy atom. The first-order valence-corrected chi connectivity index (χ1v) is 13.6. The van der Waals surface area contributed by atoms with E-state index in [2.05, 4.69) is 33.0 Å². The predicted molar refractivity (Wildman–Crippen MR) is 164 cm³/mol. The minimum Gasteiger partial charge on any atom is -0.453 e. The van der Waals surface area contributed by atoms with E-state index in [1.807, 2.05) is 115 Å². The van der Waals surface area contributed by atoms with Crippen molar-refractivity contribution in [2.45, 2.75) is 0 Å². The molecule has 2 aliphatic rings. The second-order valence-electron chi connectivity index (χ2n) is 9.98. The van der Waals surface area contributed by atoms with E-state index in [0.717, 1.165) is 68.2 Å². The van der Waals surface area contributed by atoms with Gasteiger partial charge in [0.05, 0.1) is 45.8 Å². The molecule has 42 heavy (non-hydrogen) atoms. The smallest absolute Gasteiger partial charge is 0.151 e. The standard InChI is InChI=1S/C36H22N4O2/c37-22-24-17-18-27(39-29-9-1-5-13-33(29)41-34-14-6-2-10-30(34)39)25(21-24)26-23-38-20-19-28(26)40-31-11-3-7-15-35(31)42-36-16-8-4-12-32(36)40/h1-21,23H. The fourth-order valence-electron chi connectivity index (χ4n) is 5.73. The van der Waals surface area contributed by atoms with Crippen molar-refractivity contribution in [1.29, 1.82) is 5.26 Å². The summed E-state index contributed by atoms with van der Waals surface area (Å²) in [5.74, 6) is 3.05. The number of rotatable bonds is 3. The molecule has 198 valence electrons. The number of para-hydroxylation sites is 8. The summed E-state index contributed by atoms with van der Waals surface area (Å²) in [6.45, 7) is 0. The maximum atomic E-state index is 9.98. The Kier molecular flexibility index (Phi) is 5.41. The number of nitrogens with zero attached hydrogens (tertiary/aromatic N) is 4. The van der Waals surface area contributed by atoms with Gasteiger partial charge in [0.25, 0.3) is 0 Å². The van der Waals surface area contributed by atoms with Gasteiger partial charge in [-0.2, -0.15) is 5.26 Å². The van der Waals surface area contributed by atoms with Crippen molar-refractivity contribution in [2.75, 3.05) is 9.80 Å². The Bertz CT molecular complexity index is 1960. The van der Waals surface area contributed by atoms with Gasteiger partial charge in [0.2, 0.25) is 0 Å². The molecule has 0 amide bonds. The van der Waals surface area contributed by atoms with Crippen LogP contribution in [0.5, 0.6) is 23.0 Å². The van der Waals surface area contributed by atoms with Crippen LogP contribution in [-0.2, 0) is 0 Å². The quantitative estimate of drug-likeness (QED) is 0.221. The van der Waals surface area contributed by atoms with Crippen molar-refractivity contribution in [3.63, 3.8) is 0 Å². The number of hydrogen-bond donors (Lipinski definition) is 0. The first-order valence-electron chi connectivity index (χ1n) is 13.6. The Labute approximate surface area is 242 Å². The molecule has 6 nitrogen and oxygen atoms in total. The molecule has 0 fully saturated rings. The number of pyridine rings is 1. The van der Waals surface area contributed by atoms with E-state index in [1.54, 1.807) is 6.20 Å². The summed E-state index contributed by atoms with van der Waals surface area (Å²) >= 11 is 0. The number of aromatic nitrogens is 1. The predicted octanol–water partition coefficient (Wildman–Crippen LogP) is 9.77. The molecule has 0 N–H and O–H groups in total. The van der Waals surface area contributed by atoms with E-state index in [1.165, 1.54) is 0 Å². The zero-order valence-corrected chi connectivity index (χ0v) is 22.3. The van der Waals surface area contributed by atoms with Crippen LogP contribution in [0.25, 0.3) is 11.1 Å². The number of anilines is 6. The molecule has 0 bridgehead atoms. The van der Waals surface area contributed by atoms with Crippen LogP contribution in [0, 0.1) is 11.3 Å². The number of ether oxygens (including phenoxy) is 2. The van der Waals surface area contributed by atoms with Crippen LogP contribution in [0.1, 0.15) is 5.56 Å². The fraction of sp³-hybridized carbons (Fsp3) is 0. The van der Waals surface area contributed by atoms with Crippen LogP contribution in [0.15, 0.2) is 134 Å². The van der Waals surface area contributed by atoms with Crippen molar-refractivity contribution < 1.29 is 9.47 Å². The number of benzene rings is 5. The second-order valence-corrected chi connectivity index (χ2v) is 9.98. The summed E-state index contributed by atoms with van der Waals surface area (Å²) in [5.41, 5.74) is 7.78. The highest BCUT2D eigenvalue weighted by Gasteiger charge is 2.31. The van der Waals surface area contributed by atoms with Gasteiger partial charge in [0, 0.05) is 23.5 Å². The molecule has 0 saturated carbocycles.